The van der Waals surface area contributed by atoms with Crippen LogP contribution in [0.25, 0.3) is 0 Å². The van der Waals surface area contributed by atoms with E-state index in [0.29, 0.717) is 13.2 Å². The summed E-state index contributed by atoms with van der Waals surface area (Å²) in [6, 6.07) is 0.855. The Labute approximate surface area is 99.8 Å². The fourth-order valence-corrected chi connectivity index (χ4v) is 3.42. The first-order chi connectivity index (χ1) is 7.68. The van der Waals surface area contributed by atoms with E-state index >= 15 is 0 Å². The average molecular weight is 244 g/mol. The molecule has 0 spiro atoms. The third-order valence-electron chi connectivity index (χ3n) is 2.00. The van der Waals surface area contributed by atoms with Gasteiger partial charge in [0.15, 0.2) is 0 Å². The standard InChI is InChI=1S/C11H24N2O2Si/c1-4-14-16(3,15-5-2)11-7-10-13-9-6-8-12/h6-8,10,13H,4-5,9,11-12H2,1-3H3. The molecule has 0 amide bonds. The molecular formula is C11H24N2O2Si. The summed E-state index contributed by atoms with van der Waals surface area (Å²) in [6.45, 7) is 8.25. The van der Waals surface area contributed by atoms with Gasteiger partial charge in [-0.05, 0) is 38.9 Å². The summed E-state index contributed by atoms with van der Waals surface area (Å²) in [5.41, 5.74) is 5.21. The average Bonchev–Trinajstić information content (AvgIpc) is 2.24. The van der Waals surface area contributed by atoms with Gasteiger partial charge in [0.1, 0.15) is 0 Å². The molecule has 4 nitrogen and oxygen atoms in total. The number of hydrogen-bond acceptors (Lipinski definition) is 4. The summed E-state index contributed by atoms with van der Waals surface area (Å²) in [4.78, 5) is 0. The van der Waals surface area contributed by atoms with Crippen molar-refractivity contribution in [2.45, 2.75) is 26.4 Å². The molecule has 0 saturated heterocycles. The largest absolute Gasteiger partial charge is 0.405 e. The summed E-state index contributed by atoms with van der Waals surface area (Å²) in [7, 11) is -1.99. The fourth-order valence-electron chi connectivity index (χ4n) is 1.33. The SMILES string of the molecule is CCO[Si](C)(CC=CNCC=CN)OCC. The summed E-state index contributed by atoms with van der Waals surface area (Å²) in [5.74, 6) is 0. The number of hydrogen-bond donors (Lipinski definition) is 2. The lowest BCUT2D eigenvalue weighted by Gasteiger charge is -2.24. The number of allylic oxidation sites excluding steroid dienone is 1. The number of nitrogens with two attached hydrogens (primary N) is 1. The van der Waals surface area contributed by atoms with Crippen LogP contribution in [0.15, 0.2) is 24.6 Å². The Hall–Kier alpha value is -0.783. The monoisotopic (exact) mass is 244 g/mol. The normalized spacial score (nSPS) is 12.7. The minimum Gasteiger partial charge on any atom is -0.405 e. The van der Waals surface area contributed by atoms with E-state index in [9.17, 15) is 0 Å². The molecule has 0 aliphatic heterocycles. The van der Waals surface area contributed by atoms with Crippen LogP contribution >= 0.6 is 0 Å². The van der Waals surface area contributed by atoms with Crippen LogP contribution in [0.1, 0.15) is 13.8 Å². The van der Waals surface area contributed by atoms with Crippen LogP contribution in [0.3, 0.4) is 0 Å². The van der Waals surface area contributed by atoms with Crippen molar-refractivity contribution in [1.29, 1.82) is 0 Å². The van der Waals surface area contributed by atoms with E-state index in [2.05, 4.69) is 17.9 Å². The molecule has 0 aliphatic carbocycles. The van der Waals surface area contributed by atoms with Crippen LogP contribution in [0.2, 0.25) is 12.6 Å². The zero-order valence-corrected chi connectivity index (χ0v) is 11.5. The van der Waals surface area contributed by atoms with E-state index in [1.807, 2.05) is 26.1 Å². The van der Waals surface area contributed by atoms with Gasteiger partial charge in [0.25, 0.3) is 0 Å². The second-order valence-corrected chi connectivity index (χ2v) is 6.70. The van der Waals surface area contributed by atoms with Gasteiger partial charge in [0.05, 0.1) is 0 Å². The van der Waals surface area contributed by atoms with E-state index in [-0.39, 0.29) is 0 Å². The molecule has 0 aromatic rings. The van der Waals surface area contributed by atoms with Gasteiger partial charge >= 0.3 is 8.56 Å². The first-order valence-corrected chi connectivity index (χ1v) is 8.24. The van der Waals surface area contributed by atoms with Crippen molar-refractivity contribution in [2.75, 3.05) is 19.8 Å². The summed E-state index contributed by atoms with van der Waals surface area (Å²) >= 11 is 0. The predicted molar refractivity (Wildman–Crippen MR) is 70.1 cm³/mol. The number of nitrogens with one attached hydrogen (secondary N) is 1. The molecule has 0 heterocycles. The Bertz CT molecular complexity index is 214. The van der Waals surface area contributed by atoms with Crippen molar-refractivity contribution >= 4 is 8.56 Å². The van der Waals surface area contributed by atoms with Crippen LogP contribution in [0, 0.1) is 0 Å². The Kier molecular flexibility index (Phi) is 8.98. The molecule has 5 heteroatoms. The zero-order chi connectivity index (χ0) is 12.3. The second-order valence-electron chi connectivity index (χ2n) is 3.44. The van der Waals surface area contributed by atoms with Crippen LogP contribution in [-0.4, -0.2) is 28.3 Å². The topological polar surface area (TPSA) is 56.5 Å². The quantitative estimate of drug-likeness (QED) is 0.479. The van der Waals surface area contributed by atoms with Gasteiger partial charge < -0.3 is 19.9 Å². The van der Waals surface area contributed by atoms with Crippen LogP contribution in [-0.2, 0) is 8.85 Å². The van der Waals surface area contributed by atoms with Crippen LogP contribution < -0.4 is 11.1 Å². The predicted octanol–water partition coefficient (Wildman–Crippen LogP) is 1.71. The van der Waals surface area contributed by atoms with Gasteiger partial charge in [-0.15, -0.1) is 0 Å². The Morgan fingerprint density at radius 1 is 1.19 bits per heavy atom. The highest BCUT2D eigenvalue weighted by molar-refractivity contribution is 6.66. The van der Waals surface area contributed by atoms with Gasteiger partial charge in [-0.3, -0.25) is 0 Å². The lowest BCUT2D eigenvalue weighted by atomic mass is 10.6. The maximum absolute atomic E-state index is 5.70. The van der Waals surface area contributed by atoms with E-state index in [1.54, 1.807) is 0 Å². The molecule has 0 bridgehead atoms. The van der Waals surface area contributed by atoms with Gasteiger partial charge in [-0.1, -0.05) is 6.08 Å². The highest BCUT2D eigenvalue weighted by atomic mass is 28.4. The molecule has 94 valence electrons. The van der Waals surface area contributed by atoms with Crippen molar-refractivity contribution in [3.8, 4) is 0 Å². The molecule has 0 rings (SSSR count). The molecule has 0 saturated carbocycles. The first kappa shape index (κ1) is 15.2. The molecule has 0 aromatic carbocycles. The third kappa shape index (κ3) is 7.50. The fraction of sp³-hybridized carbons (Fsp3) is 0.636. The maximum Gasteiger partial charge on any atom is 0.338 e. The summed E-state index contributed by atoms with van der Waals surface area (Å²) in [6.07, 6.45) is 7.36. The third-order valence-corrected chi connectivity index (χ3v) is 4.77. The van der Waals surface area contributed by atoms with E-state index in [4.69, 9.17) is 14.6 Å². The molecular weight excluding hydrogens is 220 g/mol. The van der Waals surface area contributed by atoms with E-state index in [1.165, 1.54) is 6.20 Å². The van der Waals surface area contributed by atoms with Crippen LogP contribution in [0.5, 0.6) is 0 Å². The molecule has 0 unspecified atom stereocenters. The maximum atomic E-state index is 5.70. The molecule has 3 N–H and O–H groups in total. The zero-order valence-electron chi connectivity index (χ0n) is 10.5. The minimum atomic E-state index is -1.99. The minimum absolute atomic E-state index is 0.708. The molecule has 0 atom stereocenters. The summed E-state index contributed by atoms with van der Waals surface area (Å²) in [5, 5.41) is 3.11. The van der Waals surface area contributed by atoms with Crippen molar-refractivity contribution in [3.05, 3.63) is 24.6 Å². The molecule has 0 fully saturated rings. The van der Waals surface area contributed by atoms with Gasteiger partial charge in [0, 0.05) is 25.8 Å². The Balaban J connectivity index is 3.91. The van der Waals surface area contributed by atoms with Gasteiger partial charge in [0.2, 0.25) is 0 Å². The first-order valence-electron chi connectivity index (χ1n) is 5.71. The lowest BCUT2D eigenvalue weighted by Crippen LogP contribution is -2.38. The summed E-state index contributed by atoms with van der Waals surface area (Å²) < 4.78 is 11.4. The van der Waals surface area contributed by atoms with Crippen molar-refractivity contribution in [1.82, 2.24) is 5.32 Å². The highest BCUT2D eigenvalue weighted by Gasteiger charge is 2.28. The van der Waals surface area contributed by atoms with Crippen molar-refractivity contribution in [3.63, 3.8) is 0 Å². The van der Waals surface area contributed by atoms with Crippen molar-refractivity contribution in [2.24, 2.45) is 5.73 Å². The van der Waals surface area contributed by atoms with Crippen LogP contribution in [0.4, 0.5) is 0 Å². The smallest absolute Gasteiger partial charge is 0.338 e. The molecule has 0 radical (unpaired) electrons. The van der Waals surface area contributed by atoms with Crippen molar-refractivity contribution < 1.29 is 8.85 Å². The highest BCUT2D eigenvalue weighted by Crippen LogP contribution is 2.13. The number of rotatable bonds is 9. The molecule has 16 heavy (non-hydrogen) atoms. The van der Waals surface area contributed by atoms with E-state index in [0.717, 1.165) is 12.6 Å². The molecule has 0 aromatic heterocycles. The second kappa shape index (κ2) is 9.44. The Morgan fingerprint density at radius 3 is 2.31 bits per heavy atom. The Morgan fingerprint density at radius 2 is 1.81 bits per heavy atom. The van der Waals surface area contributed by atoms with Gasteiger partial charge in [-0.2, -0.15) is 0 Å². The van der Waals surface area contributed by atoms with Gasteiger partial charge in [-0.25, -0.2) is 0 Å². The molecule has 0 aliphatic rings. The van der Waals surface area contributed by atoms with E-state index < -0.39 is 8.56 Å². The lowest BCUT2D eigenvalue weighted by molar-refractivity contribution is 0.192.